The summed E-state index contributed by atoms with van der Waals surface area (Å²) in [4.78, 5) is 36.0. The zero-order valence-electron chi connectivity index (χ0n) is 16.7. The van der Waals surface area contributed by atoms with Crippen LogP contribution in [-0.4, -0.2) is 91.2 Å². The van der Waals surface area contributed by atoms with Gasteiger partial charge in [-0.1, -0.05) is 12.1 Å². The normalized spacial score (nSPS) is 27.0. The van der Waals surface area contributed by atoms with Crippen LogP contribution in [-0.2, 0) is 4.74 Å². The summed E-state index contributed by atoms with van der Waals surface area (Å²) < 4.78 is 20.8. The number of nitrogens with zero attached hydrogens (tertiary/aromatic N) is 5. The molecule has 3 aliphatic rings. The lowest BCUT2D eigenvalue weighted by Gasteiger charge is -2.25. The molecule has 0 spiro atoms. The molecule has 4 heterocycles. The Bertz CT molecular complexity index is 1180. The number of aliphatic hydroxyl groups excluding tert-OH is 3. The van der Waals surface area contributed by atoms with Crippen LogP contribution in [0.5, 0.6) is 0 Å². The number of imidazole rings is 1. The molecule has 0 aliphatic carbocycles. The SMILES string of the molecule is O=C1c2ccccc2C(=O)N1CCN1CN=c2c(ncn2[C@@H]2O[C@H](CO)C(F)[C@H]2O)=C1O. The maximum Gasteiger partial charge on any atom is 0.261 e. The summed E-state index contributed by atoms with van der Waals surface area (Å²) in [7, 11) is 0. The van der Waals surface area contributed by atoms with E-state index in [1.165, 1.54) is 15.8 Å². The molecule has 1 aromatic heterocycles. The molecule has 1 aromatic carbocycles. The molecular formula is C20H20FN5O6. The van der Waals surface area contributed by atoms with Gasteiger partial charge in [-0.2, -0.15) is 0 Å². The maximum atomic E-state index is 14.1. The summed E-state index contributed by atoms with van der Waals surface area (Å²) in [5, 5.41) is 30.1. The Balaban J connectivity index is 1.35. The van der Waals surface area contributed by atoms with Crippen LogP contribution >= 0.6 is 0 Å². The first-order valence-electron chi connectivity index (χ1n) is 10.0. The van der Waals surface area contributed by atoms with Gasteiger partial charge in [0, 0.05) is 13.1 Å². The minimum absolute atomic E-state index is 0.0149. The lowest BCUT2D eigenvalue weighted by molar-refractivity contribution is -0.0534. The van der Waals surface area contributed by atoms with Crippen molar-refractivity contribution < 1.29 is 34.0 Å². The molecule has 0 bridgehead atoms. The number of aromatic nitrogens is 2. The number of benzene rings is 1. The minimum Gasteiger partial charge on any atom is -0.493 e. The van der Waals surface area contributed by atoms with E-state index in [1.54, 1.807) is 24.3 Å². The molecule has 1 saturated heterocycles. The molecule has 1 fully saturated rings. The van der Waals surface area contributed by atoms with Gasteiger partial charge in [0.05, 0.1) is 24.1 Å². The van der Waals surface area contributed by atoms with E-state index >= 15 is 0 Å². The maximum absolute atomic E-state index is 14.1. The van der Waals surface area contributed by atoms with Crippen LogP contribution in [0.15, 0.2) is 35.6 Å². The molecule has 3 aliphatic heterocycles. The van der Waals surface area contributed by atoms with Gasteiger partial charge in [0.1, 0.15) is 18.9 Å². The lowest BCUT2D eigenvalue weighted by Crippen LogP contribution is -2.47. The number of hydrogen-bond donors (Lipinski definition) is 3. The average Bonchev–Trinajstić information content (AvgIpc) is 3.43. The van der Waals surface area contributed by atoms with E-state index in [-0.39, 0.29) is 36.5 Å². The smallest absolute Gasteiger partial charge is 0.261 e. The van der Waals surface area contributed by atoms with E-state index in [1.807, 2.05) is 0 Å². The van der Waals surface area contributed by atoms with Gasteiger partial charge in [-0.3, -0.25) is 19.1 Å². The van der Waals surface area contributed by atoms with Gasteiger partial charge < -0.3 is 25.0 Å². The summed E-state index contributed by atoms with van der Waals surface area (Å²) in [6, 6.07) is 6.56. The Morgan fingerprint density at radius 2 is 1.84 bits per heavy atom. The molecule has 5 rings (SSSR count). The highest BCUT2D eigenvalue weighted by Crippen LogP contribution is 2.30. The average molecular weight is 445 g/mol. The fourth-order valence-corrected chi connectivity index (χ4v) is 4.15. The van der Waals surface area contributed by atoms with Crippen LogP contribution in [0.2, 0.25) is 0 Å². The number of carbonyl (C=O) groups is 2. The second kappa shape index (κ2) is 7.65. The molecule has 0 radical (unpaired) electrons. The third-order valence-corrected chi connectivity index (χ3v) is 5.88. The summed E-state index contributed by atoms with van der Waals surface area (Å²) in [5.41, 5.74) is 0.879. The molecule has 3 N–H and O–H groups in total. The van der Waals surface area contributed by atoms with Gasteiger partial charge in [0.25, 0.3) is 11.8 Å². The largest absolute Gasteiger partial charge is 0.493 e. The van der Waals surface area contributed by atoms with E-state index in [2.05, 4.69) is 9.98 Å². The van der Waals surface area contributed by atoms with Crippen molar-refractivity contribution in [2.75, 3.05) is 26.4 Å². The van der Waals surface area contributed by atoms with E-state index in [4.69, 9.17) is 4.74 Å². The molecule has 32 heavy (non-hydrogen) atoms. The number of alkyl halides is 1. The van der Waals surface area contributed by atoms with Crippen LogP contribution in [0.25, 0.3) is 5.88 Å². The summed E-state index contributed by atoms with van der Waals surface area (Å²) in [6.45, 7) is -0.451. The molecule has 168 valence electrons. The van der Waals surface area contributed by atoms with Crippen molar-refractivity contribution in [1.29, 1.82) is 0 Å². The Labute approximate surface area is 180 Å². The number of rotatable bonds is 5. The number of hydrogen-bond acceptors (Lipinski definition) is 9. The summed E-state index contributed by atoms with van der Waals surface area (Å²) in [6.07, 6.45) is -4.38. The van der Waals surface area contributed by atoms with Crippen LogP contribution in [0.3, 0.4) is 0 Å². The predicted molar refractivity (Wildman–Crippen MR) is 104 cm³/mol. The molecule has 2 amide bonds. The number of imide groups is 1. The van der Waals surface area contributed by atoms with Gasteiger partial charge in [-0.05, 0) is 12.1 Å². The third-order valence-electron chi connectivity index (χ3n) is 5.88. The predicted octanol–water partition coefficient (Wildman–Crippen LogP) is -1.72. The Morgan fingerprint density at radius 3 is 2.47 bits per heavy atom. The summed E-state index contributed by atoms with van der Waals surface area (Å²) >= 11 is 0. The zero-order valence-corrected chi connectivity index (χ0v) is 16.7. The van der Waals surface area contributed by atoms with Gasteiger partial charge in [0.15, 0.2) is 23.2 Å². The first-order chi connectivity index (χ1) is 15.4. The Morgan fingerprint density at radius 1 is 1.16 bits per heavy atom. The fraction of sp³-hybridized carbons (Fsp3) is 0.400. The van der Waals surface area contributed by atoms with Gasteiger partial charge in [-0.15, -0.1) is 0 Å². The number of ether oxygens (including phenoxy) is 1. The molecule has 4 atom stereocenters. The minimum atomic E-state index is -1.78. The number of carbonyl (C=O) groups excluding carboxylic acids is 2. The van der Waals surface area contributed by atoms with Crippen LogP contribution in [0.1, 0.15) is 26.9 Å². The van der Waals surface area contributed by atoms with Crippen molar-refractivity contribution in [3.63, 3.8) is 0 Å². The highest BCUT2D eigenvalue weighted by atomic mass is 19.1. The molecule has 2 aromatic rings. The Hall–Kier alpha value is -3.35. The van der Waals surface area contributed by atoms with Crippen LogP contribution in [0, 0.1) is 0 Å². The van der Waals surface area contributed by atoms with Crippen LogP contribution in [0.4, 0.5) is 4.39 Å². The number of halogens is 1. The number of amides is 2. The summed E-state index contributed by atoms with van der Waals surface area (Å²) in [5.74, 6) is -1.01. The highest BCUT2D eigenvalue weighted by molar-refractivity contribution is 6.21. The lowest BCUT2D eigenvalue weighted by atomic mass is 10.1. The van der Waals surface area contributed by atoms with E-state index < -0.39 is 43.0 Å². The van der Waals surface area contributed by atoms with Gasteiger partial charge in [0.2, 0.25) is 5.88 Å². The van der Waals surface area contributed by atoms with Crippen molar-refractivity contribution in [2.24, 2.45) is 4.99 Å². The van der Waals surface area contributed by atoms with Gasteiger partial charge in [-0.25, -0.2) is 14.4 Å². The monoisotopic (exact) mass is 445 g/mol. The quantitative estimate of drug-likeness (QED) is 0.462. The van der Waals surface area contributed by atoms with E-state index in [0.29, 0.717) is 11.1 Å². The molecule has 11 nitrogen and oxygen atoms in total. The molecule has 1 unspecified atom stereocenters. The molecular weight excluding hydrogens is 425 g/mol. The Kier molecular flexibility index (Phi) is 4.92. The second-order valence-electron chi connectivity index (χ2n) is 7.70. The van der Waals surface area contributed by atoms with E-state index in [0.717, 1.165) is 4.90 Å². The fourth-order valence-electron chi connectivity index (χ4n) is 4.15. The number of aliphatic hydroxyl groups is 3. The van der Waals surface area contributed by atoms with Crippen molar-refractivity contribution in [1.82, 2.24) is 19.4 Å². The third kappa shape index (κ3) is 2.98. The first kappa shape index (κ1) is 20.5. The zero-order chi connectivity index (χ0) is 22.6. The highest BCUT2D eigenvalue weighted by Gasteiger charge is 2.45. The molecule has 12 heteroatoms. The van der Waals surface area contributed by atoms with Crippen molar-refractivity contribution >= 4 is 17.7 Å². The second-order valence-corrected chi connectivity index (χ2v) is 7.70. The topological polar surface area (TPSA) is 141 Å². The van der Waals surface area contributed by atoms with Crippen LogP contribution < -0.4 is 10.8 Å². The number of fused-ring (bicyclic) bond motifs is 2. The molecule has 0 saturated carbocycles. The van der Waals surface area contributed by atoms with Crippen molar-refractivity contribution in [2.45, 2.75) is 24.6 Å². The standard InChI is InChI=1S/C20H20FN5O6/c21-13-12(7-27)32-20(15(13)28)26-9-22-14-16(26)23-8-24(19(14)31)5-6-25-17(29)10-3-1-2-4-11(10)18(25)30/h1-4,9,12-13,15,20,27-28,31H,5-8H2/t12-,13?,15-,20-/m1/s1. The van der Waals surface area contributed by atoms with Gasteiger partial charge >= 0.3 is 0 Å². The first-order valence-corrected chi connectivity index (χ1v) is 10.0. The van der Waals surface area contributed by atoms with Crippen molar-refractivity contribution in [3.05, 3.63) is 52.6 Å². The van der Waals surface area contributed by atoms with E-state index in [9.17, 15) is 29.3 Å². The van der Waals surface area contributed by atoms with Crippen molar-refractivity contribution in [3.8, 4) is 0 Å².